The summed E-state index contributed by atoms with van der Waals surface area (Å²) in [5.74, 6) is 0. The van der Waals surface area contributed by atoms with Gasteiger partial charge in [0.15, 0.2) is 0 Å². The van der Waals surface area contributed by atoms with Crippen molar-refractivity contribution in [2.24, 2.45) is 10.2 Å². The molecule has 3 N–H and O–H groups in total. The van der Waals surface area contributed by atoms with Crippen LogP contribution in [-0.2, 0) is 10.1 Å². The van der Waals surface area contributed by atoms with Gasteiger partial charge in [0, 0.05) is 15.7 Å². The fourth-order valence-corrected chi connectivity index (χ4v) is 3.72. The zero-order chi connectivity index (χ0) is 18.0. The highest BCUT2D eigenvalue weighted by Crippen LogP contribution is 2.37. The molecule has 0 spiro atoms. The molecule has 3 rings (SSSR count). The maximum Gasteiger partial charge on any atom is 0.295 e. The van der Waals surface area contributed by atoms with Crippen LogP contribution in [0, 0.1) is 0 Å². The lowest BCUT2D eigenvalue weighted by atomic mass is 10.1. The molecule has 0 fully saturated rings. The van der Waals surface area contributed by atoms with E-state index >= 15 is 0 Å². The molecule has 8 heteroatoms. The van der Waals surface area contributed by atoms with Gasteiger partial charge < -0.3 is 5.73 Å². The highest BCUT2D eigenvalue weighted by atomic mass is 32.2. The molecule has 0 unspecified atom stereocenters. The van der Waals surface area contributed by atoms with Crippen molar-refractivity contribution in [2.75, 3.05) is 12.0 Å². The number of rotatable bonds is 4. The third kappa shape index (κ3) is 3.51. The first kappa shape index (κ1) is 17.4. The van der Waals surface area contributed by atoms with Gasteiger partial charge in [0.25, 0.3) is 10.1 Å². The molecule has 3 aromatic carbocycles. The molecule has 0 bridgehead atoms. The van der Waals surface area contributed by atoms with E-state index < -0.39 is 10.1 Å². The molecule has 0 saturated heterocycles. The van der Waals surface area contributed by atoms with E-state index in [1.807, 2.05) is 24.5 Å². The minimum absolute atomic E-state index is 0.183. The second-order valence-electron chi connectivity index (χ2n) is 5.20. The molecular weight excluding hydrogens is 358 g/mol. The fraction of sp³-hybridized carbons (Fsp3) is 0.0588. The SMILES string of the molecule is CSc1ccccc1N=Nc1cc(S(=O)(=O)O)c2ccccc2c1N. The number of nitrogens with zero attached hydrogens (tertiary/aromatic N) is 2. The van der Waals surface area contributed by atoms with Crippen molar-refractivity contribution in [2.45, 2.75) is 9.79 Å². The molecule has 25 heavy (non-hydrogen) atoms. The lowest BCUT2D eigenvalue weighted by Gasteiger charge is -2.09. The van der Waals surface area contributed by atoms with Gasteiger partial charge in [-0.1, -0.05) is 36.4 Å². The van der Waals surface area contributed by atoms with E-state index in [1.165, 1.54) is 17.8 Å². The Morgan fingerprint density at radius 3 is 2.24 bits per heavy atom. The Bertz CT molecular complexity index is 1080. The third-order valence-electron chi connectivity index (χ3n) is 3.66. The van der Waals surface area contributed by atoms with E-state index in [2.05, 4.69) is 10.2 Å². The molecule has 128 valence electrons. The molecule has 0 aliphatic heterocycles. The topological polar surface area (TPSA) is 105 Å². The normalized spacial score (nSPS) is 12.1. The second kappa shape index (κ2) is 6.83. The van der Waals surface area contributed by atoms with Gasteiger partial charge in [-0.15, -0.1) is 22.0 Å². The first-order chi connectivity index (χ1) is 11.9. The lowest BCUT2D eigenvalue weighted by Crippen LogP contribution is -2.01. The van der Waals surface area contributed by atoms with Crippen LogP contribution in [0.5, 0.6) is 0 Å². The van der Waals surface area contributed by atoms with Crippen molar-refractivity contribution >= 4 is 49.7 Å². The predicted molar refractivity (Wildman–Crippen MR) is 101 cm³/mol. The minimum atomic E-state index is -4.43. The first-order valence-electron chi connectivity index (χ1n) is 7.25. The van der Waals surface area contributed by atoms with Crippen molar-refractivity contribution < 1.29 is 13.0 Å². The number of nitrogen functional groups attached to an aromatic ring is 1. The van der Waals surface area contributed by atoms with E-state index in [0.717, 1.165) is 4.90 Å². The average molecular weight is 373 g/mol. The molecule has 0 saturated carbocycles. The van der Waals surface area contributed by atoms with Crippen LogP contribution < -0.4 is 5.73 Å². The highest BCUT2D eigenvalue weighted by Gasteiger charge is 2.18. The largest absolute Gasteiger partial charge is 0.396 e. The Morgan fingerprint density at radius 2 is 1.56 bits per heavy atom. The Labute approximate surface area is 149 Å². The van der Waals surface area contributed by atoms with E-state index in [-0.39, 0.29) is 10.6 Å². The zero-order valence-electron chi connectivity index (χ0n) is 13.2. The zero-order valence-corrected chi connectivity index (χ0v) is 14.9. The molecule has 0 aromatic heterocycles. The van der Waals surface area contributed by atoms with Gasteiger partial charge in [0.2, 0.25) is 0 Å². The number of benzene rings is 3. The molecule has 0 aliphatic carbocycles. The maximum absolute atomic E-state index is 11.7. The van der Waals surface area contributed by atoms with E-state index in [1.54, 1.807) is 30.3 Å². The smallest absolute Gasteiger partial charge is 0.295 e. The molecule has 0 atom stereocenters. The first-order valence-corrected chi connectivity index (χ1v) is 9.92. The number of hydrogen-bond acceptors (Lipinski definition) is 6. The lowest BCUT2D eigenvalue weighted by molar-refractivity contribution is 0.484. The Hall–Kier alpha value is -2.42. The fourth-order valence-electron chi connectivity index (χ4n) is 2.47. The van der Waals surface area contributed by atoms with Crippen LogP contribution in [0.25, 0.3) is 10.8 Å². The number of hydrogen-bond donors (Lipinski definition) is 2. The molecule has 0 amide bonds. The minimum Gasteiger partial charge on any atom is -0.396 e. The van der Waals surface area contributed by atoms with Crippen molar-refractivity contribution in [3.8, 4) is 0 Å². The molecular formula is C17H15N3O3S2. The summed E-state index contributed by atoms with van der Waals surface area (Å²) in [6, 6.07) is 15.3. The second-order valence-corrected chi connectivity index (χ2v) is 7.44. The summed E-state index contributed by atoms with van der Waals surface area (Å²) < 4.78 is 33.0. The maximum atomic E-state index is 11.7. The van der Waals surface area contributed by atoms with Gasteiger partial charge in [0.1, 0.15) is 10.6 Å². The highest BCUT2D eigenvalue weighted by molar-refractivity contribution is 7.98. The number of nitrogens with two attached hydrogens (primary N) is 1. The summed E-state index contributed by atoms with van der Waals surface area (Å²) in [7, 11) is -4.43. The van der Waals surface area contributed by atoms with E-state index in [4.69, 9.17) is 5.73 Å². The summed E-state index contributed by atoms with van der Waals surface area (Å²) in [6.07, 6.45) is 1.93. The summed E-state index contributed by atoms with van der Waals surface area (Å²) in [4.78, 5) is 0.685. The van der Waals surface area contributed by atoms with Crippen LogP contribution in [0.2, 0.25) is 0 Å². The van der Waals surface area contributed by atoms with Crippen molar-refractivity contribution in [3.05, 3.63) is 54.6 Å². The van der Waals surface area contributed by atoms with Crippen LogP contribution in [0.15, 0.2) is 74.6 Å². The summed E-state index contributed by atoms with van der Waals surface area (Å²) in [5.41, 5.74) is 7.26. The van der Waals surface area contributed by atoms with Crippen molar-refractivity contribution in [1.29, 1.82) is 0 Å². The van der Waals surface area contributed by atoms with E-state index in [9.17, 15) is 13.0 Å². The molecule has 3 aromatic rings. The van der Waals surface area contributed by atoms with Crippen molar-refractivity contribution in [3.63, 3.8) is 0 Å². The molecule has 0 aliphatic rings. The van der Waals surface area contributed by atoms with E-state index in [0.29, 0.717) is 22.1 Å². The summed E-state index contributed by atoms with van der Waals surface area (Å²) in [6.45, 7) is 0. The van der Waals surface area contributed by atoms with Crippen LogP contribution in [0.4, 0.5) is 17.1 Å². The average Bonchev–Trinajstić information content (AvgIpc) is 2.60. The van der Waals surface area contributed by atoms with Gasteiger partial charge in [-0.25, -0.2) is 0 Å². The monoisotopic (exact) mass is 373 g/mol. The Balaban J connectivity index is 2.20. The Kier molecular flexibility index (Phi) is 4.76. The number of azo groups is 1. The quantitative estimate of drug-likeness (QED) is 0.296. The van der Waals surface area contributed by atoms with Gasteiger partial charge in [-0.2, -0.15) is 8.42 Å². The molecule has 0 heterocycles. The number of anilines is 1. The molecule has 0 radical (unpaired) electrons. The van der Waals surface area contributed by atoms with Gasteiger partial charge in [-0.3, -0.25) is 4.55 Å². The van der Waals surface area contributed by atoms with Crippen LogP contribution in [0.3, 0.4) is 0 Å². The van der Waals surface area contributed by atoms with Gasteiger partial charge in [-0.05, 0) is 24.5 Å². The van der Waals surface area contributed by atoms with Crippen molar-refractivity contribution in [1.82, 2.24) is 0 Å². The third-order valence-corrected chi connectivity index (χ3v) is 5.33. The van der Waals surface area contributed by atoms with Crippen LogP contribution in [0.1, 0.15) is 0 Å². The summed E-state index contributed by atoms with van der Waals surface area (Å²) >= 11 is 1.52. The van der Waals surface area contributed by atoms with Crippen LogP contribution in [-0.4, -0.2) is 19.2 Å². The van der Waals surface area contributed by atoms with Crippen LogP contribution >= 0.6 is 11.8 Å². The standard InChI is InChI=1S/C17H15N3O3S2/c1-24-15-9-5-4-8-13(15)19-20-14-10-16(25(21,22)23)11-6-2-3-7-12(11)17(14)18/h2-10H,18H2,1H3,(H,21,22,23). The molecule has 6 nitrogen and oxygen atoms in total. The predicted octanol–water partition coefficient (Wildman–Crippen LogP) is 4.81. The Morgan fingerprint density at radius 1 is 0.960 bits per heavy atom. The van der Waals surface area contributed by atoms with Gasteiger partial charge >= 0.3 is 0 Å². The number of fused-ring (bicyclic) bond motifs is 1. The van der Waals surface area contributed by atoms with Gasteiger partial charge in [0.05, 0.1) is 11.4 Å². The summed E-state index contributed by atoms with van der Waals surface area (Å²) in [5, 5.41) is 9.14. The number of thioether (sulfide) groups is 1.